The average Bonchev–Trinajstić information content (AvgIpc) is 3.95. The molecule has 0 saturated carbocycles. The summed E-state index contributed by atoms with van der Waals surface area (Å²) >= 11 is 17.6. The molecule has 4 amide bonds. The van der Waals surface area contributed by atoms with E-state index >= 15 is 0 Å². The molecule has 2 aromatic heterocycles. The molecule has 2 atom stereocenters. The van der Waals surface area contributed by atoms with Crippen molar-refractivity contribution >= 4 is 104 Å². The number of para-hydroxylation sites is 2. The van der Waals surface area contributed by atoms with Gasteiger partial charge < -0.3 is 31.1 Å². The van der Waals surface area contributed by atoms with Crippen molar-refractivity contribution < 1.29 is 19.2 Å². The fourth-order valence-electron chi connectivity index (χ4n) is 7.06. The van der Waals surface area contributed by atoms with Crippen LogP contribution in [0.15, 0.2) is 70.1 Å². The van der Waals surface area contributed by atoms with Gasteiger partial charge in [-0.05, 0) is 93.7 Å². The quantitative estimate of drug-likeness (QED) is 0.212. The number of carbonyl (C=O) groups excluding carboxylic acids is 4. The summed E-state index contributed by atoms with van der Waals surface area (Å²) in [6.07, 6.45) is 3.90. The molecular weight excluding hydrogens is 763 g/mol. The molecule has 0 radical (unpaired) electrons. The van der Waals surface area contributed by atoms with Gasteiger partial charge in [0.1, 0.15) is 0 Å². The fraction of sp³-hybridized carbons (Fsp3) is 0.351. The molecule has 4 aliphatic rings. The maximum atomic E-state index is 12.8. The second-order valence-corrected chi connectivity index (χ2v) is 16.4. The van der Waals surface area contributed by atoms with Crippen LogP contribution in [0.25, 0.3) is 0 Å². The molecule has 0 spiro atoms. The van der Waals surface area contributed by atoms with Gasteiger partial charge in [0.2, 0.25) is 23.6 Å². The first-order valence-electron chi connectivity index (χ1n) is 17.0. The Hall–Kier alpha value is -3.49. The molecule has 4 aromatic rings. The van der Waals surface area contributed by atoms with Gasteiger partial charge in [-0.1, -0.05) is 59.1 Å². The Morgan fingerprint density at radius 3 is 1.38 bits per heavy atom. The number of rotatable bonds is 6. The van der Waals surface area contributed by atoms with Crippen molar-refractivity contribution in [3.63, 3.8) is 0 Å². The van der Waals surface area contributed by atoms with Crippen LogP contribution in [0.5, 0.6) is 0 Å². The van der Waals surface area contributed by atoms with Gasteiger partial charge in [0.05, 0.1) is 47.9 Å². The van der Waals surface area contributed by atoms with Crippen LogP contribution in [0.4, 0.5) is 22.7 Å². The summed E-state index contributed by atoms with van der Waals surface area (Å²) < 4.78 is -0.750. The van der Waals surface area contributed by atoms with Gasteiger partial charge in [-0.25, -0.2) is 0 Å². The van der Waals surface area contributed by atoms with E-state index in [9.17, 15) is 19.2 Å². The highest BCUT2D eigenvalue weighted by molar-refractivity contribution is 7.08. The van der Waals surface area contributed by atoms with Crippen LogP contribution in [0.3, 0.4) is 0 Å². The summed E-state index contributed by atoms with van der Waals surface area (Å²) in [5.74, 6) is 0.100. The van der Waals surface area contributed by atoms with Crippen molar-refractivity contribution in [1.82, 2.24) is 0 Å². The normalized spacial score (nSPS) is 19.7. The second-order valence-electron chi connectivity index (χ2n) is 12.8. The lowest BCUT2D eigenvalue weighted by Crippen LogP contribution is -2.49. The van der Waals surface area contributed by atoms with Gasteiger partial charge in [0, 0.05) is 25.9 Å². The molecule has 4 aliphatic heterocycles. The summed E-state index contributed by atoms with van der Waals surface area (Å²) in [7, 11) is 0. The number of thiophene rings is 2. The number of fused-ring (bicyclic) bond motifs is 2. The molecule has 2 fully saturated rings. The summed E-state index contributed by atoms with van der Waals surface area (Å²) in [6.45, 7) is 2.40. The first-order chi connectivity index (χ1) is 25.0. The standard InChI is InChI=1S/2C18H19N3O2S.CHCl3/c2*19-14-9-13-3-1-4-15(20-7-2-5-16(20)22)17(13)21(18(14)23)10-12-6-8-24-11-12;2-1(3)4/h2*1,3-4,6,8,11,14H,2,5,7,9-10,19H2;1H. The molecule has 2 aromatic carbocycles. The number of hydrogen-bond donors (Lipinski definition) is 2. The van der Waals surface area contributed by atoms with E-state index in [1.807, 2.05) is 79.9 Å². The van der Waals surface area contributed by atoms with Gasteiger partial charge in [-0.2, -0.15) is 22.7 Å². The Morgan fingerprint density at radius 1 is 0.654 bits per heavy atom. The molecule has 2 saturated heterocycles. The summed E-state index contributed by atoms with van der Waals surface area (Å²) in [4.78, 5) is 57.1. The molecule has 10 nitrogen and oxygen atoms in total. The number of nitrogens with two attached hydrogens (primary N) is 2. The van der Waals surface area contributed by atoms with E-state index in [2.05, 4.69) is 0 Å². The topological polar surface area (TPSA) is 133 Å². The number of hydrogen-bond acceptors (Lipinski definition) is 8. The Morgan fingerprint density at radius 2 is 1.06 bits per heavy atom. The lowest BCUT2D eigenvalue weighted by atomic mass is 9.95. The first kappa shape index (κ1) is 38.2. The van der Waals surface area contributed by atoms with E-state index in [0.29, 0.717) is 51.9 Å². The highest BCUT2D eigenvalue weighted by Crippen LogP contribution is 2.41. The highest BCUT2D eigenvalue weighted by atomic mass is 35.6. The van der Waals surface area contributed by atoms with E-state index < -0.39 is 16.4 Å². The number of alkyl halides is 3. The van der Waals surface area contributed by atoms with E-state index in [0.717, 1.165) is 57.8 Å². The molecule has 15 heteroatoms. The van der Waals surface area contributed by atoms with E-state index in [4.69, 9.17) is 46.3 Å². The molecule has 4 N–H and O–H groups in total. The van der Waals surface area contributed by atoms with E-state index in [-0.39, 0.29) is 23.6 Å². The summed E-state index contributed by atoms with van der Waals surface area (Å²) in [5, 5.41) is 8.08. The maximum Gasteiger partial charge on any atom is 0.244 e. The first-order valence-corrected chi connectivity index (χ1v) is 20.2. The van der Waals surface area contributed by atoms with Crippen molar-refractivity contribution in [3.8, 4) is 0 Å². The monoisotopic (exact) mass is 800 g/mol. The third kappa shape index (κ3) is 8.49. The van der Waals surface area contributed by atoms with Gasteiger partial charge in [0.15, 0.2) is 4.30 Å². The van der Waals surface area contributed by atoms with Crippen LogP contribution in [-0.4, -0.2) is 53.1 Å². The minimum atomic E-state index is -0.750. The number of anilines is 4. The predicted octanol–water partition coefficient (Wildman–Crippen LogP) is 6.57. The van der Waals surface area contributed by atoms with Crippen LogP contribution in [0, 0.1) is 0 Å². The van der Waals surface area contributed by atoms with Gasteiger partial charge in [-0.3, -0.25) is 19.2 Å². The van der Waals surface area contributed by atoms with E-state index in [1.165, 1.54) is 0 Å². The molecule has 0 bridgehead atoms. The van der Waals surface area contributed by atoms with Gasteiger partial charge in [-0.15, -0.1) is 0 Å². The van der Waals surface area contributed by atoms with Gasteiger partial charge in [0.25, 0.3) is 0 Å². The minimum absolute atomic E-state index is 0.0761. The summed E-state index contributed by atoms with van der Waals surface area (Å²) in [6, 6.07) is 14.8. The van der Waals surface area contributed by atoms with Crippen LogP contribution in [-0.2, 0) is 45.1 Å². The largest absolute Gasteiger partial charge is 0.320 e. The minimum Gasteiger partial charge on any atom is -0.320 e. The van der Waals surface area contributed by atoms with Crippen molar-refractivity contribution in [2.24, 2.45) is 11.5 Å². The molecule has 8 rings (SSSR count). The zero-order valence-electron chi connectivity index (χ0n) is 28.3. The third-order valence-corrected chi connectivity index (χ3v) is 10.8. The van der Waals surface area contributed by atoms with Crippen molar-refractivity contribution in [2.75, 3.05) is 32.7 Å². The van der Waals surface area contributed by atoms with Crippen molar-refractivity contribution in [2.45, 2.75) is 68.0 Å². The molecule has 2 unspecified atom stereocenters. The lowest BCUT2D eigenvalue weighted by molar-refractivity contribution is -0.121. The summed E-state index contributed by atoms with van der Waals surface area (Å²) in [5.41, 5.74) is 19.8. The third-order valence-electron chi connectivity index (χ3n) is 9.35. The predicted molar refractivity (Wildman–Crippen MR) is 212 cm³/mol. The molecular formula is C37H39Cl3N6O4S2. The van der Waals surface area contributed by atoms with Crippen LogP contribution < -0.4 is 31.1 Å². The maximum absolute atomic E-state index is 12.8. The molecule has 274 valence electrons. The van der Waals surface area contributed by atoms with Gasteiger partial charge >= 0.3 is 0 Å². The van der Waals surface area contributed by atoms with Crippen molar-refractivity contribution in [1.29, 1.82) is 0 Å². The molecule has 52 heavy (non-hydrogen) atoms. The number of carbonyl (C=O) groups is 4. The average molecular weight is 802 g/mol. The van der Waals surface area contributed by atoms with Crippen LogP contribution >= 0.6 is 57.5 Å². The number of nitrogens with zero attached hydrogens (tertiary/aromatic N) is 4. The van der Waals surface area contributed by atoms with Crippen LogP contribution in [0.1, 0.15) is 47.9 Å². The molecule has 6 heterocycles. The Labute approximate surface area is 325 Å². The number of benzene rings is 2. The highest BCUT2D eigenvalue weighted by Gasteiger charge is 2.37. The number of amides is 4. The van der Waals surface area contributed by atoms with Crippen molar-refractivity contribution in [3.05, 3.63) is 92.3 Å². The zero-order chi connectivity index (χ0) is 36.9. The SMILES string of the molecule is ClC(Cl)Cl.NC1Cc2cccc(N3CCCC3=O)c2N(Cc2ccsc2)C1=O.NC1Cc2cccc(N3CCCC3=O)c2N(Cc2ccsc2)C1=O. The molecule has 0 aliphatic carbocycles. The van der Waals surface area contributed by atoms with Crippen LogP contribution in [0.2, 0.25) is 0 Å². The number of halogens is 3. The smallest absolute Gasteiger partial charge is 0.244 e. The lowest BCUT2D eigenvalue weighted by Gasteiger charge is -2.36. The van der Waals surface area contributed by atoms with E-state index in [1.54, 1.807) is 32.5 Å². The fourth-order valence-corrected chi connectivity index (χ4v) is 8.38. The Balaban J connectivity index is 0.000000162. The zero-order valence-corrected chi connectivity index (χ0v) is 32.2. The Kier molecular flexibility index (Phi) is 12.6. The Bertz CT molecular complexity index is 1770. The second kappa shape index (κ2) is 17.1.